The van der Waals surface area contributed by atoms with Gasteiger partial charge in [-0.25, -0.2) is 0 Å². The first-order chi connectivity index (χ1) is 16.1. The largest absolute Gasteiger partial charge is 0.480 e. The van der Waals surface area contributed by atoms with Gasteiger partial charge in [-0.3, -0.25) is 0 Å². The molecular formula is C29H25Cl2NO. The highest BCUT2D eigenvalue weighted by molar-refractivity contribution is 6.18. The van der Waals surface area contributed by atoms with Crippen molar-refractivity contribution in [1.29, 1.82) is 0 Å². The normalized spacial score (nSPS) is 14.2. The molecule has 0 radical (unpaired) electrons. The molecule has 1 aliphatic rings. The van der Waals surface area contributed by atoms with Crippen LogP contribution < -0.4 is 9.64 Å². The Morgan fingerprint density at radius 3 is 1.82 bits per heavy atom. The number of anilines is 3. The highest BCUT2D eigenvalue weighted by Gasteiger charge is 2.36. The summed E-state index contributed by atoms with van der Waals surface area (Å²) in [6.45, 7) is 4.21. The molecule has 1 unspecified atom stereocenters. The van der Waals surface area contributed by atoms with Gasteiger partial charge in [0, 0.05) is 33.9 Å². The maximum absolute atomic E-state index is 6.37. The van der Waals surface area contributed by atoms with Crippen LogP contribution in [-0.4, -0.2) is 0 Å². The maximum Gasteiger partial charge on any atom is 0.155 e. The van der Waals surface area contributed by atoms with Crippen LogP contribution in [0, 0.1) is 13.8 Å². The lowest BCUT2D eigenvalue weighted by Crippen LogP contribution is -2.25. The maximum atomic E-state index is 6.37. The van der Waals surface area contributed by atoms with Crippen molar-refractivity contribution in [3.8, 4) is 5.75 Å². The minimum atomic E-state index is -0.188. The molecule has 1 aliphatic heterocycles. The molecule has 166 valence electrons. The van der Waals surface area contributed by atoms with E-state index in [1.807, 2.05) is 6.07 Å². The third-order valence-electron chi connectivity index (χ3n) is 6.20. The SMILES string of the molecule is Cc1ccc(N(c2ccc(C)cc2)c2ccccc2C2Oc3c(CCl)ccc(CCl)c32)cc1. The van der Waals surface area contributed by atoms with Crippen molar-refractivity contribution in [2.45, 2.75) is 31.7 Å². The lowest BCUT2D eigenvalue weighted by atomic mass is 9.88. The topological polar surface area (TPSA) is 12.5 Å². The molecule has 0 saturated carbocycles. The summed E-state index contributed by atoms with van der Waals surface area (Å²) >= 11 is 12.5. The van der Waals surface area contributed by atoms with Crippen molar-refractivity contribution in [3.05, 3.63) is 118 Å². The number of fused-ring (bicyclic) bond motifs is 1. The summed E-state index contributed by atoms with van der Waals surface area (Å²) in [6, 6.07) is 29.8. The molecule has 33 heavy (non-hydrogen) atoms. The van der Waals surface area contributed by atoms with Gasteiger partial charge < -0.3 is 9.64 Å². The van der Waals surface area contributed by atoms with Crippen molar-refractivity contribution in [2.75, 3.05) is 4.90 Å². The Kier molecular flexibility index (Phi) is 6.05. The van der Waals surface area contributed by atoms with Gasteiger partial charge in [0.2, 0.25) is 0 Å². The fraction of sp³-hybridized carbons (Fsp3) is 0.172. The molecule has 0 amide bonds. The predicted octanol–water partition coefficient (Wildman–Crippen LogP) is 8.73. The Labute approximate surface area is 205 Å². The van der Waals surface area contributed by atoms with Crippen LogP contribution in [0.4, 0.5) is 17.1 Å². The molecule has 0 bridgehead atoms. The summed E-state index contributed by atoms with van der Waals surface area (Å²) < 4.78 is 6.37. The minimum absolute atomic E-state index is 0.188. The second-order valence-corrected chi connectivity index (χ2v) is 8.99. The first kappa shape index (κ1) is 21.9. The number of hydrogen-bond donors (Lipinski definition) is 0. The van der Waals surface area contributed by atoms with E-state index in [0.717, 1.165) is 45.1 Å². The zero-order chi connectivity index (χ0) is 22.9. The van der Waals surface area contributed by atoms with E-state index in [2.05, 4.69) is 97.6 Å². The molecule has 1 heterocycles. The molecule has 4 aromatic carbocycles. The minimum Gasteiger partial charge on any atom is -0.480 e. The zero-order valence-electron chi connectivity index (χ0n) is 18.7. The lowest BCUT2D eigenvalue weighted by Gasteiger charge is -2.38. The third-order valence-corrected chi connectivity index (χ3v) is 6.77. The zero-order valence-corrected chi connectivity index (χ0v) is 20.2. The smallest absolute Gasteiger partial charge is 0.155 e. The van der Waals surface area contributed by atoms with Crippen molar-refractivity contribution in [2.24, 2.45) is 0 Å². The number of alkyl halides is 2. The molecule has 4 heteroatoms. The number of benzene rings is 4. The molecular weight excluding hydrogens is 449 g/mol. The van der Waals surface area contributed by atoms with Gasteiger partial charge in [-0.15, -0.1) is 23.2 Å². The van der Waals surface area contributed by atoms with E-state index in [-0.39, 0.29) is 6.10 Å². The summed E-state index contributed by atoms with van der Waals surface area (Å²) in [5.74, 6) is 1.73. The van der Waals surface area contributed by atoms with Gasteiger partial charge in [-0.1, -0.05) is 65.7 Å². The highest BCUT2D eigenvalue weighted by atomic mass is 35.5. The van der Waals surface area contributed by atoms with E-state index in [9.17, 15) is 0 Å². The van der Waals surface area contributed by atoms with Gasteiger partial charge in [-0.05, 0) is 49.7 Å². The molecule has 0 fully saturated rings. The van der Waals surface area contributed by atoms with Crippen LogP contribution in [-0.2, 0) is 11.8 Å². The summed E-state index contributed by atoms with van der Waals surface area (Å²) in [5.41, 5.74) is 10.1. The van der Waals surface area contributed by atoms with Gasteiger partial charge in [0.15, 0.2) is 6.10 Å². The fourth-order valence-electron chi connectivity index (χ4n) is 4.40. The van der Waals surface area contributed by atoms with Gasteiger partial charge in [0.25, 0.3) is 0 Å². The van der Waals surface area contributed by atoms with Crippen molar-refractivity contribution >= 4 is 40.3 Å². The predicted molar refractivity (Wildman–Crippen MR) is 139 cm³/mol. The molecule has 5 rings (SSSR count). The number of halogens is 2. The highest BCUT2D eigenvalue weighted by Crippen LogP contribution is 2.51. The molecule has 0 saturated heterocycles. The van der Waals surface area contributed by atoms with Crippen LogP contribution >= 0.6 is 23.2 Å². The Morgan fingerprint density at radius 1 is 0.697 bits per heavy atom. The van der Waals surface area contributed by atoms with Crippen LogP contribution in [0.15, 0.2) is 84.9 Å². The summed E-state index contributed by atoms with van der Waals surface area (Å²) in [6.07, 6.45) is -0.188. The molecule has 0 aliphatic carbocycles. The lowest BCUT2D eigenvalue weighted by molar-refractivity contribution is 0.182. The Morgan fingerprint density at radius 2 is 1.24 bits per heavy atom. The van der Waals surface area contributed by atoms with Gasteiger partial charge in [0.05, 0.1) is 11.6 Å². The third kappa shape index (κ3) is 3.99. The standard InChI is InChI=1S/C29H25Cl2NO/c1-19-7-13-23(14-8-19)32(24-15-9-20(2)10-16-24)26-6-4-3-5-25(26)29-27-21(17-30)11-12-22(18-31)28(27)33-29/h3-16,29H,17-18H2,1-2H3. The van der Waals surface area contributed by atoms with E-state index < -0.39 is 0 Å². The van der Waals surface area contributed by atoms with Gasteiger partial charge >= 0.3 is 0 Å². The molecule has 1 atom stereocenters. The molecule has 0 aromatic heterocycles. The Bertz CT molecular complexity index is 1240. The van der Waals surface area contributed by atoms with Crippen LogP contribution in [0.1, 0.15) is 39.5 Å². The molecule has 0 spiro atoms. The van der Waals surface area contributed by atoms with E-state index in [1.54, 1.807) is 0 Å². The van der Waals surface area contributed by atoms with Crippen LogP contribution in [0.2, 0.25) is 0 Å². The first-order valence-corrected chi connectivity index (χ1v) is 12.1. The number of nitrogens with zero attached hydrogens (tertiary/aromatic N) is 1. The van der Waals surface area contributed by atoms with Crippen molar-refractivity contribution in [3.63, 3.8) is 0 Å². The summed E-state index contributed by atoms with van der Waals surface area (Å²) in [7, 11) is 0. The van der Waals surface area contributed by atoms with E-state index in [1.165, 1.54) is 11.1 Å². The molecule has 4 aromatic rings. The average molecular weight is 474 g/mol. The number of hydrogen-bond acceptors (Lipinski definition) is 2. The van der Waals surface area contributed by atoms with E-state index in [4.69, 9.17) is 27.9 Å². The number of ether oxygens (including phenoxy) is 1. The van der Waals surface area contributed by atoms with Gasteiger partial charge in [-0.2, -0.15) is 0 Å². The van der Waals surface area contributed by atoms with E-state index in [0.29, 0.717) is 11.8 Å². The second-order valence-electron chi connectivity index (χ2n) is 8.46. The second kappa shape index (κ2) is 9.13. The molecule has 2 nitrogen and oxygen atoms in total. The Hall–Kier alpha value is -2.94. The average Bonchev–Trinajstić information content (AvgIpc) is 2.82. The number of rotatable bonds is 6. The van der Waals surface area contributed by atoms with Crippen LogP contribution in [0.3, 0.4) is 0 Å². The van der Waals surface area contributed by atoms with E-state index >= 15 is 0 Å². The molecule has 0 N–H and O–H groups in total. The van der Waals surface area contributed by atoms with Crippen molar-refractivity contribution in [1.82, 2.24) is 0 Å². The van der Waals surface area contributed by atoms with Crippen molar-refractivity contribution < 1.29 is 4.74 Å². The van der Waals surface area contributed by atoms with Gasteiger partial charge in [0.1, 0.15) is 5.75 Å². The Balaban J connectivity index is 1.67. The monoisotopic (exact) mass is 473 g/mol. The summed E-state index contributed by atoms with van der Waals surface area (Å²) in [5, 5.41) is 0. The number of para-hydroxylation sites is 1. The van der Waals surface area contributed by atoms with Crippen LogP contribution in [0.25, 0.3) is 0 Å². The fourth-order valence-corrected chi connectivity index (χ4v) is 4.84. The van der Waals surface area contributed by atoms with Crippen LogP contribution in [0.5, 0.6) is 5.75 Å². The number of aryl methyl sites for hydroxylation is 2. The first-order valence-electron chi connectivity index (χ1n) is 11.1. The quantitative estimate of drug-likeness (QED) is 0.259. The summed E-state index contributed by atoms with van der Waals surface area (Å²) in [4.78, 5) is 2.29.